The number of hydrogen-bond donors (Lipinski definition) is 0. The van der Waals surface area contributed by atoms with Gasteiger partial charge in [0.15, 0.2) is 0 Å². The minimum absolute atomic E-state index is 0.0646. The third-order valence-corrected chi connectivity index (χ3v) is 3.50. The van der Waals surface area contributed by atoms with E-state index in [1.807, 2.05) is 4.90 Å². The fourth-order valence-electron chi connectivity index (χ4n) is 2.12. The van der Waals surface area contributed by atoms with E-state index in [1.54, 1.807) is 24.0 Å². The first kappa shape index (κ1) is 11.5. The predicted octanol–water partition coefficient (Wildman–Crippen LogP) is 1.51. The molecule has 1 aromatic heterocycles. The number of halogens is 1. The standard InChI is InChI=1S/C11H16ClN3O/c1-14-10(4-5-13-14)11(16)15-6-2-3-9(7-12)8-15/h4-5,9H,2-3,6-8H2,1H3. The average Bonchev–Trinajstić information content (AvgIpc) is 2.74. The highest BCUT2D eigenvalue weighted by atomic mass is 35.5. The van der Waals surface area contributed by atoms with Gasteiger partial charge in [0.05, 0.1) is 0 Å². The van der Waals surface area contributed by atoms with Crippen molar-refractivity contribution < 1.29 is 4.79 Å². The molecule has 0 aromatic carbocycles. The summed E-state index contributed by atoms with van der Waals surface area (Å²) in [5, 5.41) is 4.01. The van der Waals surface area contributed by atoms with Crippen molar-refractivity contribution in [3.63, 3.8) is 0 Å². The Morgan fingerprint density at radius 1 is 1.69 bits per heavy atom. The summed E-state index contributed by atoms with van der Waals surface area (Å²) in [5.74, 6) is 1.14. The molecule has 0 radical (unpaired) electrons. The molecule has 2 rings (SSSR count). The molecule has 1 unspecified atom stereocenters. The van der Waals surface area contributed by atoms with Crippen molar-refractivity contribution in [1.29, 1.82) is 0 Å². The van der Waals surface area contributed by atoms with E-state index in [0.29, 0.717) is 17.5 Å². The maximum atomic E-state index is 12.2. The number of hydrogen-bond acceptors (Lipinski definition) is 2. The minimum atomic E-state index is 0.0646. The number of aryl methyl sites for hydroxylation is 1. The Morgan fingerprint density at radius 3 is 3.12 bits per heavy atom. The summed E-state index contributed by atoms with van der Waals surface area (Å²) in [6, 6.07) is 1.76. The van der Waals surface area contributed by atoms with E-state index in [1.165, 1.54) is 0 Å². The van der Waals surface area contributed by atoms with Gasteiger partial charge < -0.3 is 4.90 Å². The topological polar surface area (TPSA) is 38.1 Å². The lowest BCUT2D eigenvalue weighted by atomic mass is 10.00. The Morgan fingerprint density at radius 2 is 2.50 bits per heavy atom. The SMILES string of the molecule is Cn1nccc1C(=O)N1CCCC(CCl)C1. The Balaban J connectivity index is 2.07. The van der Waals surface area contributed by atoms with Gasteiger partial charge in [-0.1, -0.05) is 0 Å². The average molecular weight is 242 g/mol. The molecule has 0 aliphatic carbocycles. The Kier molecular flexibility index (Phi) is 3.49. The molecule has 16 heavy (non-hydrogen) atoms. The van der Waals surface area contributed by atoms with E-state index in [0.717, 1.165) is 25.9 Å². The molecular formula is C11H16ClN3O. The normalized spacial score (nSPS) is 21.1. The van der Waals surface area contributed by atoms with Crippen LogP contribution in [0.3, 0.4) is 0 Å². The molecule has 1 atom stereocenters. The van der Waals surface area contributed by atoms with Gasteiger partial charge in [0.25, 0.3) is 5.91 Å². The van der Waals surface area contributed by atoms with Crippen molar-refractivity contribution in [2.45, 2.75) is 12.8 Å². The van der Waals surface area contributed by atoms with Gasteiger partial charge in [-0.25, -0.2) is 0 Å². The van der Waals surface area contributed by atoms with Crippen molar-refractivity contribution in [2.24, 2.45) is 13.0 Å². The summed E-state index contributed by atoms with van der Waals surface area (Å²) in [5.41, 5.74) is 0.648. The van der Waals surface area contributed by atoms with Crippen LogP contribution in [0.1, 0.15) is 23.3 Å². The highest BCUT2D eigenvalue weighted by Gasteiger charge is 2.25. The molecule has 1 saturated heterocycles. The molecule has 4 nitrogen and oxygen atoms in total. The van der Waals surface area contributed by atoms with Crippen LogP contribution in [-0.4, -0.2) is 39.6 Å². The van der Waals surface area contributed by atoms with E-state index >= 15 is 0 Å². The fourth-order valence-corrected chi connectivity index (χ4v) is 2.37. The zero-order valence-electron chi connectivity index (χ0n) is 9.40. The minimum Gasteiger partial charge on any atom is -0.337 e. The van der Waals surface area contributed by atoms with Crippen LogP contribution < -0.4 is 0 Å². The van der Waals surface area contributed by atoms with Crippen LogP contribution in [-0.2, 0) is 7.05 Å². The molecule has 1 aromatic rings. The Labute approximate surface area is 100 Å². The smallest absolute Gasteiger partial charge is 0.272 e. The first-order valence-corrected chi connectivity index (χ1v) is 6.09. The highest BCUT2D eigenvalue weighted by molar-refractivity contribution is 6.18. The third-order valence-electron chi connectivity index (χ3n) is 3.06. The molecule has 0 bridgehead atoms. The summed E-state index contributed by atoms with van der Waals surface area (Å²) in [4.78, 5) is 14.0. The number of aromatic nitrogens is 2. The first-order chi connectivity index (χ1) is 7.72. The summed E-state index contributed by atoms with van der Waals surface area (Å²) < 4.78 is 1.62. The third kappa shape index (κ3) is 2.21. The largest absolute Gasteiger partial charge is 0.337 e. The zero-order valence-corrected chi connectivity index (χ0v) is 10.2. The van der Waals surface area contributed by atoms with Crippen LogP contribution in [0.5, 0.6) is 0 Å². The van der Waals surface area contributed by atoms with E-state index in [2.05, 4.69) is 5.10 Å². The number of piperidine rings is 1. The Hall–Kier alpha value is -1.03. The molecule has 1 aliphatic rings. The summed E-state index contributed by atoms with van der Waals surface area (Å²) in [6.45, 7) is 1.60. The molecule has 1 amide bonds. The van der Waals surface area contributed by atoms with Crippen LogP contribution in [0.25, 0.3) is 0 Å². The fraction of sp³-hybridized carbons (Fsp3) is 0.636. The number of nitrogens with zero attached hydrogens (tertiary/aromatic N) is 3. The molecule has 5 heteroatoms. The van der Waals surface area contributed by atoms with Crippen LogP contribution in [0, 0.1) is 5.92 Å². The van der Waals surface area contributed by atoms with Gasteiger partial charge in [-0.3, -0.25) is 9.48 Å². The number of amides is 1. The van der Waals surface area contributed by atoms with Gasteiger partial charge >= 0.3 is 0 Å². The van der Waals surface area contributed by atoms with Gasteiger partial charge in [-0.15, -0.1) is 11.6 Å². The maximum absolute atomic E-state index is 12.2. The molecule has 1 fully saturated rings. The number of rotatable bonds is 2. The number of carbonyl (C=O) groups excluding carboxylic acids is 1. The molecule has 2 heterocycles. The lowest BCUT2D eigenvalue weighted by Crippen LogP contribution is -2.41. The second kappa shape index (κ2) is 4.87. The molecule has 1 aliphatic heterocycles. The molecular weight excluding hydrogens is 226 g/mol. The van der Waals surface area contributed by atoms with Gasteiger partial charge in [-0.2, -0.15) is 5.10 Å². The number of carbonyl (C=O) groups is 1. The molecule has 0 spiro atoms. The quantitative estimate of drug-likeness (QED) is 0.737. The van der Waals surface area contributed by atoms with Crippen molar-refractivity contribution >= 4 is 17.5 Å². The number of alkyl halides is 1. The summed E-state index contributed by atoms with van der Waals surface area (Å²) in [7, 11) is 1.79. The van der Waals surface area contributed by atoms with Crippen molar-refractivity contribution in [1.82, 2.24) is 14.7 Å². The van der Waals surface area contributed by atoms with Gasteiger partial charge in [0, 0.05) is 32.2 Å². The van der Waals surface area contributed by atoms with Crippen LogP contribution in [0.2, 0.25) is 0 Å². The van der Waals surface area contributed by atoms with Gasteiger partial charge in [-0.05, 0) is 24.8 Å². The van der Waals surface area contributed by atoms with E-state index < -0.39 is 0 Å². The van der Waals surface area contributed by atoms with Crippen LogP contribution in [0.4, 0.5) is 0 Å². The van der Waals surface area contributed by atoms with Gasteiger partial charge in [0.2, 0.25) is 0 Å². The van der Waals surface area contributed by atoms with Crippen molar-refractivity contribution in [2.75, 3.05) is 19.0 Å². The predicted molar refractivity (Wildman–Crippen MR) is 62.6 cm³/mol. The Bertz CT molecular complexity index is 377. The second-order valence-electron chi connectivity index (χ2n) is 4.25. The number of likely N-dealkylation sites (tertiary alicyclic amines) is 1. The maximum Gasteiger partial charge on any atom is 0.272 e. The molecule has 88 valence electrons. The van der Waals surface area contributed by atoms with Gasteiger partial charge in [0.1, 0.15) is 5.69 Å². The van der Waals surface area contributed by atoms with Crippen LogP contribution in [0.15, 0.2) is 12.3 Å². The second-order valence-corrected chi connectivity index (χ2v) is 4.56. The van der Waals surface area contributed by atoms with Crippen molar-refractivity contribution in [3.8, 4) is 0 Å². The summed E-state index contributed by atoms with van der Waals surface area (Å²) >= 11 is 5.85. The molecule has 0 N–H and O–H groups in total. The first-order valence-electron chi connectivity index (χ1n) is 5.55. The van der Waals surface area contributed by atoms with E-state index in [4.69, 9.17) is 11.6 Å². The molecule has 0 saturated carbocycles. The lowest BCUT2D eigenvalue weighted by Gasteiger charge is -2.31. The van der Waals surface area contributed by atoms with Crippen LogP contribution >= 0.6 is 11.6 Å². The zero-order chi connectivity index (χ0) is 11.5. The monoisotopic (exact) mass is 241 g/mol. The van der Waals surface area contributed by atoms with Crippen molar-refractivity contribution in [3.05, 3.63) is 18.0 Å². The van der Waals surface area contributed by atoms with E-state index in [9.17, 15) is 4.79 Å². The lowest BCUT2D eigenvalue weighted by molar-refractivity contribution is 0.0673. The van der Waals surface area contributed by atoms with E-state index in [-0.39, 0.29) is 5.91 Å². The highest BCUT2D eigenvalue weighted by Crippen LogP contribution is 2.19. The summed E-state index contributed by atoms with van der Waals surface area (Å²) in [6.07, 6.45) is 3.82.